The summed E-state index contributed by atoms with van der Waals surface area (Å²) in [6.07, 6.45) is -24.7. The molecule has 0 N–H and O–H groups in total. The second kappa shape index (κ2) is 12.9. The van der Waals surface area contributed by atoms with Gasteiger partial charge in [-0.05, 0) is 24.1 Å². The van der Waals surface area contributed by atoms with Gasteiger partial charge in [0.2, 0.25) is 0 Å². The third kappa shape index (κ3) is 8.01. The molecule has 0 aliphatic rings. The van der Waals surface area contributed by atoms with Crippen LogP contribution in [0.2, 0.25) is 0 Å². The highest BCUT2D eigenvalue weighted by atomic mass is 19.4. The van der Waals surface area contributed by atoms with Gasteiger partial charge in [0.05, 0.1) is 6.42 Å². The molecule has 49 heavy (non-hydrogen) atoms. The fraction of sp³-hybridized carbons (Fsp3) is 0.524. The summed E-state index contributed by atoms with van der Waals surface area (Å²) in [6.45, 7) is 0. The van der Waals surface area contributed by atoms with Crippen LogP contribution in [0.3, 0.4) is 0 Å². The van der Waals surface area contributed by atoms with E-state index in [0.29, 0.717) is 0 Å². The van der Waals surface area contributed by atoms with E-state index in [9.17, 15) is 111 Å². The van der Waals surface area contributed by atoms with Crippen molar-refractivity contribution in [3.05, 3.63) is 23.8 Å². The molecular formula is C21H7F21O7. The third-order valence-electron chi connectivity index (χ3n) is 5.26. The molecule has 0 spiro atoms. The number of carbonyl (C=O) groups is 4. The lowest BCUT2D eigenvalue weighted by molar-refractivity contribution is -0.347. The lowest BCUT2D eigenvalue weighted by Crippen LogP contribution is -2.57. The van der Waals surface area contributed by atoms with E-state index in [0.717, 1.165) is 0 Å². The number of esters is 4. The van der Waals surface area contributed by atoms with Crippen LogP contribution < -0.4 is 9.47 Å². The first kappa shape index (κ1) is 42.9. The molecule has 0 radical (unpaired) electrons. The second-order valence-electron chi connectivity index (χ2n) is 8.76. The maximum Gasteiger partial charge on any atom is 0.460 e. The van der Waals surface area contributed by atoms with Gasteiger partial charge < -0.3 is 14.2 Å². The third-order valence-corrected chi connectivity index (χ3v) is 5.26. The van der Waals surface area contributed by atoms with Crippen LogP contribution in [0.5, 0.6) is 11.5 Å². The van der Waals surface area contributed by atoms with Crippen LogP contribution in [0.25, 0.3) is 0 Å². The Kier molecular flexibility index (Phi) is 11.3. The van der Waals surface area contributed by atoms with Crippen LogP contribution in [0.15, 0.2) is 18.2 Å². The molecule has 0 saturated heterocycles. The molecule has 0 aromatic heterocycles. The van der Waals surface area contributed by atoms with Crippen LogP contribution in [0, 0.1) is 0 Å². The zero-order valence-corrected chi connectivity index (χ0v) is 21.9. The minimum atomic E-state index is -7.34. The second-order valence-corrected chi connectivity index (χ2v) is 8.76. The van der Waals surface area contributed by atoms with E-state index >= 15 is 0 Å². The fourth-order valence-corrected chi connectivity index (χ4v) is 2.58. The fourth-order valence-electron chi connectivity index (χ4n) is 2.58. The molecule has 1 aromatic carbocycles. The van der Waals surface area contributed by atoms with E-state index in [1.54, 1.807) is 0 Å². The van der Waals surface area contributed by atoms with Gasteiger partial charge in [0.1, 0.15) is 0 Å². The number of carbonyl (C=O) groups excluding carboxylic acids is 4. The van der Waals surface area contributed by atoms with Crippen LogP contribution in [-0.2, 0) is 30.3 Å². The molecule has 0 amide bonds. The Morgan fingerprint density at radius 2 is 0.796 bits per heavy atom. The van der Waals surface area contributed by atoms with Crippen LogP contribution in [0.1, 0.15) is 12.0 Å². The summed E-state index contributed by atoms with van der Waals surface area (Å²) >= 11 is 0. The Hall–Kier alpha value is -4.17. The average molecular weight is 770 g/mol. The van der Waals surface area contributed by atoms with Crippen molar-refractivity contribution in [2.75, 3.05) is 0 Å². The van der Waals surface area contributed by atoms with E-state index < -0.39 is 108 Å². The predicted molar refractivity (Wildman–Crippen MR) is 105 cm³/mol. The molecule has 0 fully saturated rings. The smallest absolute Gasteiger partial charge is 0.418 e. The van der Waals surface area contributed by atoms with Crippen LogP contribution in [-0.4, -0.2) is 77.9 Å². The molecule has 1 aromatic rings. The van der Waals surface area contributed by atoms with E-state index in [2.05, 4.69) is 14.2 Å². The molecule has 0 unspecified atom stereocenters. The SMILES string of the molecule is O=C(CCc1ccc(OC(=O)C(F)(F)C(F)(F)C(F)(F)F)c(OC(=O)C(F)(F)C(F)(F)C(F)(F)F)c1)OC(=O)C(F)(F)C(F)(F)C(F)(F)F. The van der Waals surface area contributed by atoms with Gasteiger partial charge in [-0.2, -0.15) is 92.2 Å². The largest absolute Gasteiger partial charge is 0.460 e. The molecule has 0 saturated carbocycles. The summed E-state index contributed by atoms with van der Waals surface area (Å²) in [7, 11) is 0. The van der Waals surface area contributed by atoms with Gasteiger partial charge in [0, 0.05) is 0 Å². The topological polar surface area (TPSA) is 96.0 Å². The number of ether oxygens (including phenoxy) is 3. The predicted octanol–water partition coefficient (Wildman–Crippen LogP) is 7.00. The zero-order chi connectivity index (χ0) is 39.2. The Balaban J connectivity index is 3.50. The number of hydrogen-bond acceptors (Lipinski definition) is 7. The molecule has 0 atom stereocenters. The van der Waals surface area contributed by atoms with Crippen molar-refractivity contribution < 1.29 is 126 Å². The average Bonchev–Trinajstić information content (AvgIpc) is 2.90. The van der Waals surface area contributed by atoms with E-state index in [1.807, 2.05) is 0 Å². The minimum absolute atomic E-state index is 0.143. The van der Waals surface area contributed by atoms with Crippen LogP contribution in [0.4, 0.5) is 92.2 Å². The molecule has 1 rings (SSSR count). The van der Waals surface area contributed by atoms with Gasteiger partial charge in [-0.1, -0.05) is 6.07 Å². The molecule has 0 bridgehead atoms. The number of benzene rings is 1. The summed E-state index contributed by atoms with van der Waals surface area (Å²) in [5.41, 5.74) is -1.03. The number of rotatable bonds is 11. The number of halogens is 21. The van der Waals surface area contributed by atoms with Gasteiger partial charge in [0.25, 0.3) is 0 Å². The lowest BCUT2D eigenvalue weighted by Gasteiger charge is -2.27. The normalized spacial score (nSPS) is 14.3. The number of hydrogen-bond donors (Lipinski definition) is 0. The Morgan fingerprint density at radius 3 is 1.14 bits per heavy atom. The Labute approximate surface area is 252 Å². The first-order valence-electron chi connectivity index (χ1n) is 11.2. The standard InChI is InChI=1S/C21H7F21O7/c22-13(23,16(28,29)19(34,35)36)10(44)47-7-3-1-6(5-8(7)48-11(45)14(24,25)17(30,31)20(37,38)39)2-4-9(43)49-12(46)15(26,27)18(32,33)21(40,41)42/h1,3,5H,2,4H2. The molecule has 28 heteroatoms. The maximum atomic E-state index is 13.7. The highest BCUT2D eigenvalue weighted by Crippen LogP contribution is 2.50. The van der Waals surface area contributed by atoms with Gasteiger partial charge in [-0.25, -0.2) is 14.4 Å². The zero-order valence-electron chi connectivity index (χ0n) is 21.9. The first-order chi connectivity index (χ1) is 21.4. The van der Waals surface area contributed by atoms with Crippen molar-refractivity contribution >= 4 is 23.9 Å². The molecule has 7 nitrogen and oxygen atoms in total. The van der Waals surface area contributed by atoms with Crippen molar-refractivity contribution in [1.29, 1.82) is 0 Å². The first-order valence-corrected chi connectivity index (χ1v) is 11.2. The highest BCUT2D eigenvalue weighted by Gasteiger charge is 2.79. The molecular weight excluding hydrogens is 763 g/mol. The van der Waals surface area contributed by atoms with Gasteiger partial charge in [-0.3, -0.25) is 4.79 Å². The van der Waals surface area contributed by atoms with Crippen molar-refractivity contribution in [2.24, 2.45) is 0 Å². The summed E-state index contributed by atoms with van der Waals surface area (Å²) in [5, 5.41) is 0. The monoisotopic (exact) mass is 770 g/mol. The summed E-state index contributed by atoms with van der Waals surface area (Å²) < 4.78 is 280. The van der Waals surface area contributed by atoms with Gasteiger partial charge in [-0.15, -0.1) is 0 Å². The maximum absolute atomic E-state index is 13.7. The number of aryl methyl sites for hydroxylation is 1. The van der Waals surface area contributed by atoms with E-state index in [-0.39, 0.29) is 18.2 Å². The number of alkyl halides is 21. The molecule has 0 aliphatic heterocycles. The van der Waals surface area contributed by atoms with E-state index in [4.69, 9.17) is 0 Å². The highest BCUT2D eigenvalue weighted by molar-refractivity contribution is 5.90. The lowest BCUT2D eigenvalue weighted by atomic mass is 10.1. The van der Waals surface area contributed by atoms with Gasteiger partial charge in [0.15, 0.2) is 11.5 Å². The van der Waals surface area contributed by atoms with Crippen molar-refractivity contribution in [3.63, 3.8) is 0 Å². The summed E-state index contributed by atoms with van der Waals surface area (Å²) in [6, 6.07) is -0.417. The Bertz CT molecular complexity index is 1440. The van der Waals surface area contributed by atoms with Crippen molar-refractivity contribution in [3.8, 4) is 11.5 Å². The quantitative estimate of drug-likeness (QED) is 0.104. The van der Waals surface area contributed by atoms with Crippen molar-refractivity contribution in [2.45, 2.75) is 66.9 Å². The molecule has 280 valence electrons. The van der Waals surface area contributed by atoms with Crippen LogP contribution >= 0.6 is 0 Å². The summed E-state index contributed by atoms with van der Waals surface area (Å²) in [5.74, 6) is -61.3. The minimum Gasteiger partial charge on any atom is -0.418 e. The molecule has 0 heterocycles. The van der Waals surface area contributed by atoms with E-state index in [1.165, 1.54) is 0 Å². The van der Waals surface area contributed by atoms with Gasteiger partial charge >= 0.3 is 77.9 Å². The van der Waals surface area contributed by atoms with Crippen molar-refractivity contribution in [1.82, 2.24) is 0 Å². The Morgan fingerprint density at radius 1 is 0.469 bits per heavy atom. The summed E-state index contributed by atoms with van der Waals surface area (Å²) in [4.78, 5) is 45.7. The molecule has 0 aliphatic carbocycles.